The molecule has 0 saturated carbocycles. The monoisotopic (exact) mass is 289 g/mol. The summed E-state index contributed by atoms with van der Waals surface area (Å²) in [6.07, 6.45) is 0.773. The Bertz CT molecular complexity index is 631. The second kappa shape index (κ2) is 6.18. The molecule has 0 unspecified atom stereocenters. The molecule has 0 aliphatic carbocycles. The molecule has 0 aliphatic rings. The molecule has 1 aromatic carbocycles. The van der Waals surface area contributed by atoms with Crippen molar-refractivity contribution in [1.82, 2.24) is 4.98 Å². The zero-order chi connectivity index (χ0) is 14.7. The van der Waals surface area contributed by atoms with E-state index >= 15 is 0 Å². The first-order chi connectivity index (χ1) is 9.51. The number of rotatable bonds is 5. The van der Waals surface area contributed by atoms with Crippen molar-refractivity contribution in [3.8, 4) is 5.75 Å². The zero-order valence-electron chi connectivity index (χ0n) is 12.3. The van der Waals surface area contributed by atoms with Crippen molar-refractivity contribution in [3.05, 3.63) is 44.9 Å². The molecule has 20 heavy (non-hydrogen) atoms. The fourth-order valence-electron chi connectivity index (χ4n) is 2.08. The van der Waals surface area contributed by atoms with Gasteiger partial charge >= 0.3 is 0 Å². The Morgan fingerprint density at radius 1 is 1.35 bits per heavy atom. The Morgan fingerprint density at radius 3 is 2.65 bits per heavy atom. The lowest BCUT2D eigenvalue weighted by atomic mass is 10.1. The summed E-state index contributed by atoms with van der Waals surface area (Å²) in [4.78, 5) is 16.8. The third kappa shape index (κ3) is 3.25. The predicted octanol–water partition coefficient (Wildman–Crippen LogP) is 4.10. The standard InChI is InChI=1S/C16H19NO2S/c1-5-13-16(12(4)18)20-15(17-13)9-19-14-7-6-10(2)8-11(14)3/h6-8H,5,9H2,1-4H3. The van der Waals surface area contributed by atoms with Gasteiger partial charge in [-0.05, 0) is 31.9 Å². The van der Waals surface area contributed by atoms with Gasteiger partial charge < -0.3 is 4.74 Å². The number of ketones is 1. The van der Waals surface area contributed by atoms with Gasteiger partial charge in [0, 0.05) is 6.92 Å². The summed E-state index contributed by atoms with van der Waals surface area (Å²) < 4.78 is 5.81. The Kier molecular flexibility index (Phi) is 4.55. The van der Waals surface area contributed by atoms with Crippen LogP contribution in [0.15, 0.2) is 18.2 Å². The number of hydrogen-bond donors (Lipinski definition) is 0. The lowest BCUT2D eigenvalue weighted by Crippen LogP contribution is -1.97. The number of benzene rings is 1. The third-order valence-electron chi connectivity index (χ3n) is 3.08. The summed E-state index contributed by atoms with van der Waals surface area (Å²) in [7, 11) is 0. The highest BCUT2D eigenvalue weighted by molar-refractivity contribution is 7.13. The van der Waals surface area contributed by atoms with Crippen molar-refractivity contribution in [1.29, 1.82) is 0 Å². The molecule has 0 radical (unpaired) electrons. The van der Waals surface area contributed by atoms with E-state index in [0.29, 0.717) is 6.61 Å². The topological polar surface area (TPSA) is 39.2 Å². The fraction of sp³-hybridized carbons (Fsp3) is 0.375. The molecule has 0 amide bonds. The molecule has 2 aromatic rings. The minimum absolute atomic E-state index is 0.0807. The maximum Gasteiger partial charge on any atom is 0.171 e. The largest absolute Gasteiger partial charge is 0.486 e. The van der Waals surface area contributed by atoms with Gasteiger partial charge in [-0.2, -0.15) is 0 Å². The van der Waals surface area contributed by atoms with E-state index in [1.165, 1.54) is 16.9 Å². The Morgan fingerprint density at radius 2 is 2.10 bits per heavy atom. The maximum atomic E-state index is 11.5. The normalized spacial score (nSPS) is 10.6. The number of thiazole rings is 1. The van der Waals surface area contributed by atoms with E-state index in [2.05, 4.69) is 18.0 Å². The van der Waals surface area contributed by atoms with Crippen molar-refractivity contribution in [3.63, 3.8) is 0 Å². The summed E-state index contributed by atoms with van der Waals surface area (Å²) in [5.41, 5.74) is 3.21. The first-order valence-corrected chi connectivity index (χ1v) is 7.52. The van der Waals surface area contributed by atoms with E-state index in [9.17, 15) is 4.79 Å². The maximum absolute atomic E-state index is 11.5. The Hall–Kier alpha value is -1.68. The van der Waals surface area contributed by atoms with Gasteiger partial charge in [0.1, 0.15) is 17.4 Å². The second-order valence-corrected chi connectivity index (χ2v) is 5.93. The summed E-state index contributed by atoms with van der Waals surface area (Å²) in [6, 6.07) is 6.10. The predicted molar refractivity (Wildman–Crippen MR) is 81.7 cm³/mol. The minimum atomic E-state index is 0.0807. The number of aryl methyl sites for hydroxylation is 3. The third-order valence-corrected chi connectivity index (χ3v) is 4.25. The van der Waals surface area contributed by atoms with Gasteiger partial charge in [-0.25, -0.2) is 4.98 Å². The lowest BCUT2D eigenvalue weighted by molar-refractivity contribution is 0.102. The molecule has 0 N–H and O–H groups in total. The molecule has 0 saturated heterocycles. The van der Waals surface area contributed by atoms with Gasteiger partial charge in [0.25, 0.3) is 0 Å². The van der Waals surface area contributed by atoms with Crippen LogP contribution in [-0.4, -0.2) is 10.8 Å². The highest BCUT2D eigenvalue weighted by Gasteiger charge is 2.14. The van der Waals surface area contributed by atoms with Gasteiger partial charge in [-0.3, -0.25) is 4.79 Å². The molecule has 0 fully saturated rings. The number of nitrogens with zero attached hydrogens (tertiary/aromatic N) is 1. The molecule has 0 atom stereocenters. The molecule has 3 nitrogen and oxygen atoms in total. The number of ether oxygens (including phenoxy) is 1. The number of carbonyl (C=O) groups excluding carboxylic acids is 1. The molecule has 2 rings (SSSR count). The van der Waals surface area contributed by atoms with Crippen molar-refractivity contribution in [2.24, 2.45) is 0 Å². The van der Waals surface area contributed by atoms with E-state index in [0.717, 1.165) is 33.3 Å². The highest BCUT2D eigenvalue weighted by atomic mass is 32.1. The number of Topliss-reactive ketones (excluding diaryl/α,β-unsaturated/α-hetero) is 1. The van der Waals surface area contributed by atoms with Crippen molar-refractivity contribution in [2.75, 3.05) is 0 Å². The molecule has 0 spiro atoms. The van der Waals surface area contributed by atoms with Crippen molar-refractivity contribution in [2.45, 2.75) is 40.7 Å². The first-order valence-electron chi connectivity index (χ1n) is 6.70. The van der Waals surface area contributed by atoms with Crippen LogP contribution in [0.3, 0.4) is 0 Å². The Balaban J connectivity index is 2.13. The fourth-order valence-corrected chi connectivity index (χ4v) is 3.04. The summed E-state index contributed by atoms with van der Waals surface area (Å²) in [5, 5.41) is 0.854. The van der Waals surface area contributed by atoms with Crippen molar-refractivity contribution < 1.29 is 9.53 Å². The Labute approximate surface area is 123 Å². The van der Waals surface area contributed by atoms with Gasteiger partial charge in [-0.1, -0.05) is 24.6 Å². The van der Waals surface area contributed by atoms with Crippen LogP contribution in [0.4, 0.5) is 0 Å². The summed E-state index contributed by atoms with van der Waals surface area (Å²) in [6.45, 7) is 8.10. The van der Waals surface area contributed by atoms with Crippen LogP contribution >= 0.6 is 11.3 Å². The number of hydrogen-bond acceptors (Lipinski definition) is 4. The summed E-state index contributed by atoms with van der Waals surface area (Å²) in [5.74, 6) is 0.949. The van der Waals surface area contributed by atoms with E-state index in [4.69, 9.17) is 4.74 Å². The second-order valence-electron chi connectivity index (χ2n) is 4.85. The molecule has 1 heterocycles. The van der Waals surface area contributed by atoms with Crippen LogP contribution in [0.1, 0.15) is 45.3 Å². The summed E-state index contributed by atoms with van der Waals surface area (Å²) >= 11 is 1.43. The van der Waals surface area contributed by atoms with Crippen LogP contribution in [-0.2, 0) is 13.0 Å². The quantitative estimate of drug-likeness (QED) is 0.778. The highest BCUT2D eigenvalue weighted by Crippen LogP contribution is 2.23. The first kappa shape index (κ1) is 14.7. The average molecular weight is 289 g/mol. The van der Waals surface area contributed by atoms with Crippen molar-refractivity contribution >= 4 is 17.1 Å². The van der Waals surface area contributed by atoms with Gasteiger partial charge in [0.2, 0.25) is 0 Å². The number of aromatic nitrogens is 1. The van der Waals surface area contributed by atoms with Crippen LogP contribution in [0.25, 0.3) is 0 Å². The van der Waals surface area contributed by atoms with E-state index in [1.54, 1.807) is 6.92 Å². The lowest BCUT2D eigenvalue weighted by Gasteiger charge is -2.08. The van der Waals surface area contributed by atoms with Crippen LogP contribution in [0.5, 0.6) is 5.75 Å². The van der Waals surface area contributed by atoms with E-state index in [1.807, 2.05) is 26.0 Å². The van der Waals surface area contributed by atoms with E-state index in [-0.39, 0.29) is 5.78 Å². The number of carbonyl (C=O) groups is 1. The minimum Gasteiger partial charge on any atom is -0.486 e. The molecule has 0 aliphatic heterocycles. The molecule has 0 bridgehead atoms. The van der Waals surface area contributed by atoms with Crippen LogP contribution in [0.2, 0.25) is 0 Å². The van der Waals surface area contributed by atoms with Gasteiger partial charge in [0.05, 0.1) is 10.6 Å². The smallest absolute Gasteiger partial charge is 0.171 e. The van der Waals surface area contributed by atoms with Crippen LogP contribution in [0, 0.1) is 13.8 Å². The molecular formula is C16H19NO2S. The van der Waals surface area contributed by atoms with Gasteiger partial charge in [0.15, 0.2) is 5.78 Å². The van der Waals surface area contributed by atoms with Crippen LogP contribution < -0.4 is 4.74 Å². The molecule has 106 valence electrons. The molecular weight excluding hydrogens is 270 g/mol. The molecule has 4 heteroatoms. The van der Waals surface area contributed by atoms with E-state index < -0.39 is 0 Å². The zero-order valence-corrected chi connectivity index (χ0v) is 13.1. The average Bonchev–Trinajstić information content (AvgIpc) is 2.81. The SMILES string of the molecule is CCc1nc(COc2ccc(C)cc2C)sc1C(C)=O. The van der Waals surface area contributed by atoms with Gasteiger partial charge in [-0.15, -0.1) is 11.3 Å². The molecule has 1 aromatic heterocycles.